The molecular formula is C21H23N3O2. The second-order valence-electron chi connectivity index (χ2n) is 7.30. The lowest BCUT2D eigenvalue weighted by molar-refractivity contribution is -0.0214. The lowest BCUT2D eigenvalue weighted by Gasteiger charge is -2.38. The number of benzene rings is 2. The van der Waals surface area contributed by atoms with Crippen LogP contribution in [0.3, 0.4) is 0 Å². The van der Waals surface area contributed by atoms with E-state index < -0.39 is 5.60 Å². The maximum absolute atomic E-state index is 12.8. The molecule has 1 aliphatic heterocycles. The van der Waals surface area contributed by atoms with Crippen molar-refractivity contribution in [3.8, 4) is 0 Å². The number of imidazole rings is 1. The lowest BCUT2D eigenvalue weighted by atomic mass is 9.84. The molecule has 2 heterocycles. The first-order valence-corrected chi connectivity index (χ1v) is 9.00. The monoisotopic (exact) mass is 349 g/mol. The molecule has 0 saturated carbocycles. The predicted octanol–water partition coefficient (Wildman–Crippen LogP) is 3.30. The van der Waals surface area contributed by atoms with Gasteiger partial charge in [-0.15, -0.1) is 0 Å². The van der Waals surface area contributed by atoms with Crippen molar-refractivity contribution in [1.82, 2.24) is 14.9 Å². The van der Waals surface area contributed by atoms with Gasteiger partial charge in [-0.25, -0.2) is 4.98 Å². The maximum atomic E-state index is 12.8. The summed E-state index contributed by atoms with van der Waals surface area (Å²) in [5.41, 5.74) is 4.00. The maximum Gasteiger partial charge on any atom is 0.289 e. The van der Waals surface area contributed by atoms with Crippen molar-refractivity contribution in [2.24, 2.45) is 0 Å². The molecule has 0 radical (unpaired) electrons. The van der Waals surface area contributed by atoms with Crippen molar-refractivity contribution in [3.05, 3.63) is 65.0 Å². The van der Waals surface area contributed by atoms with E-state index in [1.54, 1.807) is 4.90 Å². The number of hydrogen-bond donors (Lipinski definition) is 2. The Kier molecular flexibility index (Phi) is 4.04. The molecule has 1 saturated heterocycles. The quantitative estimate of drug-likeness (QED) is 0.746. The molecule has 2 aromatic carbocycles. The summed E-state index contributed by atoms with van der Waals surface area (Å²) < 4.78 is 0. The highest BCUT2D eigenvalue weighted by Gasteiger charge is 2.36. The summed E-state index contributed by atoms with van der Waals surface area (Å²) in [4.78, 5) is 22.1. The Morgan fingerprint density at radius 1 is 1.12 bits per heavy atom. The van der Waals surface area contributed by atoms with E-state index in [0.717, 1.165) is 27.7 Å². The Bertz CT molecular complexity index is 968. The molecule has 1 amide bonds. The first-order valence-electron chi connectivity index (χ1n) is 9.00. The van der Waals surface area contributed by atoms with Gasteiger partial charge in [0.05, 0.1) is 16.6 Å². The third-order valence-electron chi connectivity index (χ3n) is 5.27. The van der Waals surface area contributed by atoms with Gasteiger partial charge in [-0.1, -0.05) is 35.9 Å². The molecule has 1 aromatic heterocycles. The molecular weight excluding hydrogens is 326 g/mol. The van der Waals surface area contributed by atoms with Crippen LogP contribution in [0.2, 0.25) is 0 Å². The van der Waals surface area contributed by atoms with Gasteiger partial charge in [0.25, 0.3) is 5.91 Å². The van der Waals surface area contributed by atoms with E-state index in [4.69, 9.17) is 0 Å². The van der Waals surface area contributed by atoms with Gasteiger partial charge < -0.3 is 15.0 Å². The Labute approximate surface area is 152 Å². The zero-order chi connectivity index (χ0) is 18.3. The second-order valence-corrected chi connectivity index (χ2v) is 7.30. The third kappa shape index (κ3) is 2.99. The van der Waals surface area contributed by atoms with Gasteiger partial charge >= 0.3 is 0 Å². The molecule has 134 valence electrons. The van der Waals surface area contributed by atoms with Crippen LogP contribution in [0.5, 0.6) is 0 Å². The van der Waals surface area contributed by atoms with E-state index in [9.17, 15) is 9.90 Å². The number of rotatable bonds is 2. The van der Waals surface area contributed by atoms with Crippen LogP contribution in [0.15, 0.2) is 42.5 Å². The smallest absolute Gasteiger partial charge is 0.289 e. The van der Waals surface area contributed by atoms with Gasteiger partial charge in [-0.3, -0.25) is 4.79 Å². The molecule has 5 heteroatoms. The Hall–Kier alpha value is -2.66. The van der Waals surface area contributed by atoms with Gasteiger partial charge in [0.15, 0.2) is 5.82 Å². The Morgan fingerprint density at radius 2 is 1.85 bits per heavy atom. The highest BCUT2D eigenvalue weighted by atomic mass is 16.3. The Balaban J connectivity index is 1.50. The van der Waals surface area contributed by atoms with Crippen molar-refractivity contribution in [1.29, 1.82) is 0 Å². The summed E-state index contributed by atoms with van der Waals surface area (Å²) in [6.45, 7) is 5.06. The van der Waals surface area contributed by atoms with Crippen molar-refractivity contribution in [2.75, 3.05) is 13.1 Å². The molecule has 0 atom stereocenters. The topological polar surface area (TPSA) is 69.2 Å². The average Bonchev–Trinajstić information content (AvgIpc) is 3.05. The predicted molar refractivity (Wildman–Crippen MR) is 101 cm³/mol. The number of aromatic amines is 1. The van der Waals surface area contributed by atoms with Crippen LogP contribution >= 0.6 is 0 Å². The average molecular weight is 349 g/mol. The minimum Gasteiger partial charge on any atom is -0.385 e. The molecule has 1 fully saturated rings. The Morgan fingerprint density at radius 3 is 2.58 bits per heavy atom. The summed E-state index contributed by atoms with van der Waals surface area (Å²) in [5.74, 6) is 0.261. The van der Waals surface area contributed by atoms with Crippen LogP contribution in [-0.2, 0) is 5.60 Å². The van der Waals surface area contributed by atoms with E-state index in [-0.39, 0.29) is 5.91 Å². The molecule has 0 aliphatic carbocycles. The minimum atomic E-state index is -0.867. The summed E-state index contributed by atoms with van der Waals surface area (Å²) in [5, 5.41) is 11.0. The van der Waals surface area contributed by atoms with Crippen LogP contribution in [-0.4, -0.2) is 39.0 Å². The number of piperidine rings is 1. The number of aliphatic hydroxyl groups is 1. The lowest BCUT2D eigenvalue weighted by Crippen LogP contribution is -2.45. The second kappa shape index (κ2) is 6.25. The van der Waals surface area contributed by atoms with Crippen molar-refractivity contribution in [2.45, 2.75) is 32.3 Å². The largest absolute Gasteiger partial charge is 0.385 e. The standard InChI is InChI=1S/C21H23N3O2/c1-14-4-3-5-16(12-14)21(26)8-10-24(11-9-21)20(25)19-22-17-7-6-15(2)13-18(17)23-19/h3-7,12-13,26H,8-11H2,1-2H3,(H,22,23). The number of aryl methyl sites for hydroxylation is 2. The van der Waals surface area contributed by atoms with Crippen LogP contribution in [0, 0.1) is 13.8 Å². The molecule has 5 nitrogen and oxygen atoms in total. The molecule has 0 bridgehead atoms. The summed E-state index contributed by atoms with van der Waals surface area (Å²) in [6, 6.07) is 13.9. The fourth-order valence-corrected chi connectivity index (χ4v) is 3.68. The highest BCUT2D eigenvalue weighted by Crippen LogP contribution is 2.33. The number of carbonyl (C=O) groups excluding carboxylic acids is 1. The van der Waals surface area contributed by atoms with Gasteiger partial charge in [-0.2, -0.15) is 0 Å². The van der Waals surface area contributed by atoms with Crippen LogP contribution in [0.4, 0.5) is 0 Å². The van der Waals surface area contributed by atoms with Gasteiger partial charge in [0.1, 0.15) is 0 Å². The number of nitrogens with zero attached hydrogens (tertiary/aromatic N) is 2. The molecule has 4 rings (SSSR count). The van der Waals surface area contributed by atoms with E-state index in [2.05, 4.69) is 9.97 Å². The zero-order valence-corrected chi connectivity index (χ0v) is 15.1. The first-order chi connectivity index (χ1) is 12.4. The third-order valence-corrected chi connectivity index (χ3v) is 5.27. The zero-order valence-electron chi connectivity index (χ0n) is 15.1. The SMILES string of the molecule is Cc1cccc(C2(O)CCN(C(=O)c3nc4ccc(C)cc4[nH]3)CC2)c1. The fraction of sp³-hybridized carbons (Fsp3) is 0.333. The number of likely N-dealkylation sites (tertiary alicyclic amines) is 1. The van der Waals surface area contributed by atoms with Gasteiger partial charge in [0.2, 0.25) is 0 Å². The van der Waals surface area contributed by atoms with E-state index in [1.807, 2.05) is 56.3 Å². The molecule has 0 unspecified atom stereocenters. The number of amides is 1. The molecule has 3 aromatic rings. The molecule has 26 heavy (non-hydrogen) atoms. The van der Waals surface area contributed by atoms with E-state index >= 15 is 0 Å². The molecule has 1 aliphatic rings. The van der Waals surface area contributed by atoms with E-state index in [0.29, 0.717) is 31.8 Å². The number of carbonyl (C=O) groups is 1. The summed E-state index contributed by atoms with van der Waals surface area (Å²) in [6.07, 6.45) is 1.06. The molecule has 2 N–H and O–H groups in total. The minimum absolute atomic E-state index is 0.106. The van der Waals surface area contributed by atoms with Crippen LogP contribution < -0.4 is 0 Å². The number of hydrogen-bond acceptors (Lipinski definition) is 3. The number of nitrogens with one attached hydrogen (secondary N) is 1. The van der Waals surface area contributed by atoms with E-state index in [1.165, 1.54) is 0 Å². The van der Waals surface area contributed by atoms with Crippen LogP contribution in [0.1, 0.15) is 40.2 Å². The van der Waals surface area contributed by atoms with Crippen molar-refractivity contribution >= 4 is 16.9 Å². The highest BCUT2D eigenvalue weighted by molar-refractivity contribution is 5.94. The normalized spacial score (nSPS) is 16.8. The van der Waals surface area contributed by atoms with Gasteiger partial charge in [-0.05, 0) is 49.9 Å². The summed E-state index contributed by atoms with van der Waals surface area (Å²) >= 11 is 0. The molecule has 0 spiro atoms. The number of aromatic nitrogens is 2. The van der Waals surface area contributed by atoms with Crippen molar-refractivity contribution in [3.63, 3.8) is 0 Å². The fourth-order valence-electron chi connectivity index (χ4n) is 3.68. The number of fused-ring (bicyclic) bond motifs is 1. The van der Waals surface area contributed by atoms with Crippen LogP contribution in [0.25, 0.3) is 11.0 Å². The first kappa shape index (κ1) is 16.8. The number of H-pyrrole nitrogens is 1. The summed E-state index contributed by atoms with van der Waals surface area (Å²) in [7, 11) is 0. The van der Waals surface area contributed by atoms with Gasteiger partial charge in [0, 0.05) is 13.1 Å². The van der Waals surface area contributed by atoms with Crippen molar-refractivity contribution < 1.29 is 9.90 Å².